The number of nitrogens with one attached hydrogen (secondary N) is 1. The van der Waals surface area contributed by atoms with Crippen molar-refractivity contribution < 1.29 is 17.9 Å². The SMILES string of the molecule is Cc1ccc(CNc2ncn(-c3ccc(OC(F)(F)F)cc3)n2)cn1. The Morgan fingerprint density at radius 1 is 1.08 bits per heavy atom. The second-order valence-corrected chi connectivity index (χ2v) is 5.22. The third-order valence-corrected chi connectivity index (χ3v) is 3.25. The van der Waals surface area contributed by atoms with Crippen LogP contribution in [0.15, 0.2) is 48.9 Å². The number of anilines is 1. The van der Waals surface area contributed by atoms with E-state index in [0.29, 0.717) is 18.2 Å². The van der Waals surface area contributed by atoms with E-state index in [1.165, 1.54) is 35.3 Å². The zero-order chi connectivity index (χ0) is 17.9. The normalized spacial score (nSPS) is 11.4. The Balaban J connectivity index is 1.63. The summed E-state index contributed by atoms with van der Waals surface area (Å²) < 4.78 is 41.7. The molecule has 0 radical (unpaired) electrons. The Hall–Kier alpha value is -3.10. The van der Waals surface area contributed by atoms with Gasteiger partial charge in [0, 0.05) is 18.4 Å². The monoisotopic (exact) mass is 349 g/mol. The van der Waals surface area contributed by atoms with E-state index >= 15 is 0 Å². The highest BCUT2D eigenvalue weighted by Gasteiger charge is 2.30. The number of rotatable bonds is 5. The number of alkyl halides is 3. The average Bonchev–Trinajstić information content (AvgIpc) is 3.02. The van der Waals surface area contributed by atoms with Gasteiger partial charge >= 0.3 is 6.36 Å². The molecule has 0 fully saturated rings. The van der Waals surface area contributed by atoms with Crippen LogP contribution in [0.1, 0.15) is 11.3 Å². The maximum Gasteiger partial charge on any atom is 0.573 e. The fourth-order valence-corrected chi connectivity index (χ4v) is 2.05. The molecule has 0 bridgehead atoms. The summed E-state index contributed by atoms with van der Waals surface area (Å²) >= 11 is 0. The Kier molecular flexibility index (Phi) is 4.55. The highest BCUT2D eigenvalue weighted by molar-refractivity contribution is 5.37. The minimum atomic E-state index is -4.71. The molecule has 0 atom stereocenters. The molecule has 0 saturated carbocycles. The molecular formula is C16H14F3N5O. The smallest absolute Gasteiger partial charge is 0.406 e. The van der Waals surface area contributed by atoms with Crippen LogP contribution in [0.5, 0.6) is 5.75 Å². The topological polar surface area (TPSA) is 64.9 Å². The van der Waals surface area contributed by atoms with E-state index in [1.807, 2.05) is 19.1 Å². The number of hydrogen-bond donors (Lipinski definition) is 1. The van der Waals surface area contributed by atoms with Crippen LogP contribution in [0.4, 0.5) is 19.1 Å². The zero-order valence-corrected chi connectivity index (χ0v) is 13.2. The number of benzene rings is 1. The first-order chi connectivity index (χ1) is 11.9. The van der Waals surface area contributed by atoms with Crippen LogP contribution >= 0.6 is 0 Å². The van der Waals surface area contributed by atoms with Crippen molar-refractivity contribution in [1.82, 2.24) is 19.7 Å². The minimum absolute atomic E-state index is 0.290. The molecule has 0 aliphatic rings. The lowest BCUT2D eigenvalue weighted by Crippen LogP contribution is -2.17. The van der Waals surface area contributed by atoms with Gasteiger partial charge < -0.3 is 10.1 Å². The van der Waals surface area contributed by atoms with Gasteiger partial charge in [-0.25, -0.2) is 9.67 Å². The molecule has 2 aromatic heterocycles. The molecule has 0 amide bonds. The van der Waals surface area contributed by atoms with Gasteiger partial charge in [0.25, 0.3) is 0 Å². The first-order valence-corrected chi connectivity index (χ1v) is 7.32. The molecule has 25 heavy (non-hydrogen) atoms. The van der Waals surface area contributed by atoms with Crippen LogP contribution in [0.2, 0.25) is 0 Å². The van der Waals surface area contributed by atoms with E-state index in [1.54, 1.807) is 6.20 Å². The van der Waals surface area contributed by atoms with Gasteiger partial charge in [-0.15, -0.1) is 18.3 Å². The van der Waals surface area contributed by atoms with Gasteiger partial charge in [0.15, 0.2) is 0 Å². The molecule has 0 aliphatic heterocycles. The van der Waals surface area contributed by atoms with E-state index in [-0.39, 0.29) is 5.75 Å². The highest BCUT2D eigenvalue weighted by atomic mass is 19.4. The number of aromatic nitrogens is 4. The molecule has 0 saturated heterocycles. The van der Waals surface area contributed by atoms with Gasteiger partial charge in [-0.05, 0) is 42.8 Å². The van der Waals surface area contributed by atoms with Crippen LogP contribution < -0.4 is 10.1 Å². The maximum absolute atomic E-state index is 12.2. The molecule has 9 heteroatoms. The van der Waals surface area contributed by atoms with Crippen molar-refractivity contribution in [1.29, 1.82) is 0 Å². The van der Waals surface area contributed by atoms with Crippen molar-refractivity contribution in [3.05, 3.63) is 60.2 Å². The Morgan fingerprint density at radius 3 is 2.48 bits per heavy atom. The second kappa shape index (κ2) is 6.80. The van der Waals surface area contributed by atoms with E-state index in [0.717, 1.165) is 11.3 Å². The van der Waals surface area contributed by atoms with Gasteiger partial charge in [-0.2, -0.15) is 0 Å². The predicted molar refractivity (Wildman–Crippen MR) is 84.3 cm³/mol. The predicted octanol–water partition coefficient (Wildman–Crippen LogP) is 3.48. The number of nitrogens with zero attached hydrogens (tertiary/aromatic N) is 4. The molecule has 2 heterocycles. The average molecular weight is 349 g/mol. The lowest BCUT2D eigenvalue weighted by Gasteiger charge is -2.09. The van der Waals surface area contributed by atoms with Gasteiger partial charge in [0.1, 0.15) is 12.1 Å². The number of pyridine rings is 1. The largest absolute Gasteiger partial charge is 0.573 e. The summed E-state index contributed by atoms with van der Waals surface area (Å²) in [6, 6.07) is 9.22. The van der Waals surface area contributed by atoms with Crippen LogP contribution in [-0.2, 0) is 6.54 Å². The van der Waals surface area contributed by atoms with E-state index in [9.17, 15) is 13.2 Å². The standard InChI is InChI=1S/C16H14F3N5O/c1-11-2-3-12(8-20-11)9-21-15-22-10-24(23-15)13-4-6-14(7-5-13)25-16(17,18)19/h2-8,10H,9H2,1H3,(H,21,23). The molecule has 0 aliphatic carbocycles. The molecule has 0 spiro atoms. The minimum Gasteiger partial charge on any atom is -0.406 e. The van der Waals surface area contributed by atoms with E-state index in [4.69, 9.17) is 0 Å². The molecule has 1 N–H and O–H groups in total. The summed E-state index contributed by atoms with van der Waals surface area (Å²) in [5, 5.41) is 7.28. The summed E-state index contributed by atoms with van der Waals surface area (Å²) in [6.07, 6.45) is -1.48. The summed E-state index contributed by atoms with van der Waals surface area (Å²) in [4.78, 5) is 8.32. The van der Waals surface area contributed by atoms with Gasteiger partial charge in [0.05, 0.1) is 5.69 Å². The van der Waals surface area contributed by atoms with Crippen LogP contribution in [-0.4, -0.2) is 26.1 Å². The van der Waals surface area contributed by atoms with Crippen LogP contribution in [0, 0.1) is 6.92 Å². The third kappa shape index (κ3) is 4.69. The summed E-state index contributed by atoms with van der Waals surface area (Å²) in [5.74, 6) is 0.109. The zero-order valence-electron chi connectivity index (χ0n) is 13.2. The molecular weight excluding hydrogens is 335 g/mol. The maximum atomic E-state index is 12.2. The number of ether oxygens (including phenoxy) is 1. The molecule has 130 valence electrons. The fourth-order valence-electron chi connectivity index (χ4n) is 2.05. The molecule has 1 aromatic carbocycles. The van der Waals surface area contributed by atoms with Crippen molar-refractivity contribution in [2.45, 2.75) is 19.8 Å². The van der Waals surface area contributed by atoms with Crippen molar-refractivity contribution in [3.8, 4) is 11.4 Å². The second-order valence-electron chi connectivity index (χ2n) is 5.22. The van der Waals surface area contributed by atoms with Crippen molar-refractivity contribution in [3.63, 3.8) is 0 Å². The molecule has 3 aromatic rings. The van der Waals surface area contributed by atoms with Crippen LogP contribution in [0.3, 0.4) is 0 Å². The summed E-state index contributed by atoms with van der Waals surface area (Å²) in [6.45, 7) is 2.42. The van der Waals surface area contributed by atoms with Gasteiger partial charge in [0.2, 0.25) is 5.95 Å². The van der Waals surface area contributed by atoms with Crippen molar-refractivity contribution >= 4 is 5.95 Å². The number of hydrogen-bond acceptors (Lipinski definition) is 5. The van der Waals surface area contributed by atoms with Crippen molar-refractivity contribution in [2.75, 3.05) is 5.32 Å². The van der Waals surface area contributed by atoms with Gasteiger partial charge in [-0.1, -0.05) is 6.07 Å². The highest BCUT2D eigenvalue weighted by Crippen LogP contribution is 2.23. The Bertz CT molecular complexity index is 828. The fraction of sp³-hybridized carbons (Fsp3) is 0.188. The lowest BCUT2D eigenvalue weighted by atomic mass is 10.2. The lowest BCUT2D eigenvalue weighted by molar-refractivity contribution is -0.274. The first kappa shape index (κ1) is 16.7. The molecule has 0 unspecified atom stereocenters. The Morgan fingerprint density at radius 2 is 1.84 bits per heavy atom. The van der Waals surface area contributed by atoms with E-state index in [2.05, 4.69) is 25.1 Å². The van der Waals surface area contributed by atoms with Crippen molar-refractivity contribution in [2.24, 2.45) is 0 Å². The quantitative estimate of drug-likeness (QED) is 0.764. The first-order valence-electron chi connectivity index (χ1n) is 7.32. The van der Waals surface area contributed by atoms with Crippen LogP contribution in [0.25, 0.3) is 5.69 Å². The number of aryl methyl sites for hydroxylation is 1. The Labute approximate surface area is 141 Å². The number of halogens is 3. The summed E-state index contributed by atoms with van der Waals surface area (Å²) in [5.41, 5.74) is 2.48. The molecule has 6 nitrogen and oxygen atoms in total. The molecule has 3 rings (SSSR count). The van der Waals surface area contributed by atoms with Gasteiger partial charge in [-0.3, -0.25) is 4.98 Å². The van der Waals surface area contributed by atoms with E-state index < -0.39 is 6.36 Å². The third-order valence-electron chi connectivity index (χ3n) is 3.25. The summed E-state index contributed by atoms with van der Waals surface area (Å²) in [7, 11) is 0.